The van der Waals surface area contributed by atoms with Crippen molar-refractivity contribution in [1.29, 1.82) is 0 Å². The highest BCUT2D eigenvalue weighted by Gasteiger charge is 2.47. The van der Waals surface area contributed by atoms with Gasteiger partial charge in [-0.2, -0.15) is 8.42 Å². The van der Waals surface area contributed by atoms with Crippen LogP contribution >= 0.6 is 0 Å². The Kier molecular flexibility index (Phi) is 7.87. The Bertz CT molecular complexity index is 1070. The van der Waals surface area contributed by atoms with Crippen LogP contribution in [0.2, 0.25) is 0 Å². The molecule has 2 aliphatic rings. The summed E-state index contributed by atoms with van der Waals surface area (Å²) in [6.07, 6.45) is -0.117. The molecule has 35 heavy (non-hydrogen) atoms. The molecule has 0 bridgehead atoms. The van der Waals surface area contributed by atoms with E-state index in [1.807, 2.05) is 0 Å². The molecule has 3 rings (SSSR count). The van der Waals surface area contributed by atoms with Crippen LogP contribution in [0, 0.1) is 0 Å². The Balaban J connectivity index is 2.06. The van der Waals surface area contributed by atoms with Gasteiger partial charge in [0.15, 0.2) is 11.5 Å². The number of alkyl carbamates (subject to hydrolysis) is 1. The van der Waals surface area contributed by atoms with Crippen molar-refractivity contribution >= 4 is 22.1 Å². The van der Waals surface area contributed by atoms with E-state index < -0.39 is 58.6 Å². The van der Waals surface area contributed by atoms with Gasteiger partial charge >= 0.3 is 6.09 Å². The Labute approximate surface area is 205 Å². The molecule has 2 heterocycles. The normalized spacial score (nSPS) is 24.7. The molecule has 4 atom stereocenters. The average molecular weight is 515 g/mol. The predicted octanol–water partition coefficient (Wildman–Crippen LogP) is 1.52. The van der Waals surface area contributed by atoms with E-state index in [0.717, 1.165) is 11.8 Å². The first-order valence-corrected chi connectivity index (χ1v) is 13.1. The number of carbonyl (C=O) groups excluding carboxylic acids is 2. The molecule has 1 aromatic rings. The van der Waals surface area contributed by atoms with Crippen LogP contribution in [0.3, 0.4) is 0 Å². The molecule has 0 radical (unpaired) electrons. The second-order valence-electron chi connectivity index (χ2n) is 9.74. The molecular formula is C23H34N2O9S. The molecule has 1 fully saturated rings. The van der Waals surface area contributed by atoms with Gasteiger partial charge in [-0.15, -0.1) is 0 Å². The van der Waals surface area contributed by atoms with E-state index in [1.165, 1.54) is 19.1 Å². The number of amides is 2. The van der Waals surface area contributed by atoms with Crippen LogP contribution in [0.15, 0.2) is 12.1 Å². The first-order chi connectivity index (χ1) is 16.3. The molecule has 196 valence electrons. The molecule has 11 nitrogen and oxygen atoms in total. The highest BCUT2D eigenvalue weighted by Crippen LogP contribution is 2.42. The number of benzene rings is 1. The topological polar surface area (TPSA) is 141 Å². The van der Waals surface area contributed by atoms with Crippen LogP contribution in [-0.4, -0.2) is 81.3 Å². The average Bonchev–Trinajstić information content (AvgIpc) is 2.86. The fourth-order valence-corrected chi connectivity index (χ4v) is 5.36. The van der Waals surface area contributed by atoms with Crippen LogP contribution in [0.25, 0.3) is 0 Å². The molecule has 0 unspecified atom stereocenters. The molecule has 2 N–H and O–H groups in total. The van der Waals surface area contributed by atoms with Crippen molar-refractivity contribution < 1.29 is 41.5 Å². The third-order valence-electron chi connectivity index (χ3n) is 6.01. The van der Waals surface area contributed by atoms with Crippen molar-refractivity contribution in [2.45, 2.75) is 69.9 Å². The third-order valence-corrected chi connectivity index (χ3v) is 6.61. The number of hydrogen-bond donors (Lipinski definition) is 2. The van der Waals surface area contributed by atoms with E-state index in [1.54, 1.807) is 32.9 Å². The van der Waals surface area contributed by atoms with Gasteiger partial charge in [0.2, 0.25) is 5.91 Å². The number of aliphatic hydroxyl groups is 1. The number of aliphatic hydroxyl groups excluding tert-OH is 1. The molecule has 0 aliphatic carbocycles. The Morgan fingerprint density at radius 1 is 1.17 bits per heavy atom. The predicted molar refractivity (Wildman–Crippen MR) is 126 cm³/mol. The van der Waals surface area contributed by atoms with Gasteiger partial charge in [-0.3, -0.25) is 8.98 Å². The summed E-state index contributed by atoms with van der Waals surface area (Å²) >= 11 is 0. The van der Waals surface area contributed by atoms with E-state index in [9.17, 15) is 23.1 Å². The second-order valence-corrected chi connectivity index (χ2v) is 11.3. The summed E-state index contributed by atoms with van der Waals surface area (Å²) < 4.78 is 45.7. The summed E-state index contributed by atoms with van der Waals surface area (Å²) in [6.45, 7) is 4.69. The van der Waals surface area contributed by atoms with Gasteiger partial charge in [0.25, 0.3) is 10.1 Å². The Morgan fingerprint density at radius 2 is 1.80 bits per heavy atom. The Hall–Kier alpha value is -2.57. The second kappa shape index (κ2) is 10.2. The fourth-order valence-electron chi connectivity index (χ4n) is 4.69. The lowest BCUT2D eigenvalue weighted by molar-refractivity contribution is -0.141. The lowest BCUT2D eigenvalue weighted by atomic mass is 9.85. The summed E-state index contributed by atoms with van der Waals surface area (Å²) in [4.78, 5) is 27.6. The zero-order valence-corrected chi connectivity index (χ0v) is 21.7. The van der Waals surface area contributed by atoms with Gasteiger partial charge in [-0.25, -0.2) is 4.79 Å². The van der Waals surface area contributed by atoms with Crippen molar-refractivity contribution in [3.8, 4) is 11.5 Å². The van der Waals surface area contributed by atoms with E-state index >= 15 is 0 Å². The minimum atomic E-state index is -3.85. The van der Waals surface area contributed by atoms with Crippen LogP contribution in [0.5, 0.6) is 11.5 Å². The van der Waals surface area contributed by atoms with Gasteiger partial charge < -0.3 is 29.5 Å². The number of ether oxygens (including phenoxy) is 3. The lowest BCUT2D eigenvalue weighted by Crippen LogP contribution is -2.57. The zero-order chi connectivity index (χ0) is 26.1. The maximum atomic E-state index is 13.7. The highest BCUT2D eigenvalue weighted by molar-refractivity contribution is 7.86. The Morgan fingerprint density at radius 3 is 2.34 bits per heavy atom. The minimum Gasteiger partial charge on any atom is -0.493 e. The third kappa shape index (κ3) is 6.17. The SMILES string of the molecule is COc1cc2c(cc1OC)[C@H](CO)N1C(=O)[C@H](NC(=O)OC(C)(C)C)CC[C@@H](OS(C)(=O)=O)[C@@H]1C2. The van der Waals surface area contributed by atoms with Crippen LogP contribution in [0.4, 0.5) is 4.79 Å². The van der Waals surface area contributed by atoms with Crippen molar-refractivity contribution in [1.82, 2.24) is 10.2 Å². The van der Waals surface area contributed by atoms with Crippen LogP contribution < -0.4 is 14.8 Å². The summed E-state index contributed by atoms with van der Waals surface area (Å²) in [5.74, 6) is 0.444. The first kappa shape index (κ1) is 27.0. The van der Waals surface area contributed by atoms with Crippen LogP contribution in [-0.2, 0) is 30.3 Å². The number of nitrogens with one attached hydrogen (secondary N) is 1. The molecule has 12 heteroatoms. The molecule has 1 aromatic carbocycles. The quantitative estimate of drug-likeness (QED) is 0.541. The molecular weight excluding hydrogens is 480 g/mol. The zero-order valence-electron chi connectivity index (χ0n) is 20.9. The minimum absolute atomic E-state index is 0.131. The monoisotopic (exact) mass is 514 g/mol. The summed E-state index contributed by atoms with van der Waals surface area (Å²) in [5, 5.41) is 13.0. The summed E-state index contributed by atoms with van der Waals surface area (Å²) in [6, 6.07) is 0.952. The standard InChI is InChI=1S/C23H34N2O9S/c1-23(2,3)33-22(28)24-15-7-8-18(34-35(6,29)30)16-9-13-10-19(31-4)20(32-5)11-14(13)17(12-26)25(16)21(15)27/h10-11,15-18,26H,7-9,12H2,1-6H3,(H,24,28)/t15-,16+,17+,18-/m1/s1. The molecule has 0 aromatic heterocycles. The summed E-state index contributed by atoms with van der Waals surface area (Å²) in [5.41, 5.74) is 0.650. The highest BCUT2D eigenvalue weighted by atomic mass is 32.2. The maximum Gasteiger partial charge on any atom is 0.408 e. The van der Waals surface area contributed by atoms with E-state index in [4.69, 9.17) is 18.4 Å². The molecule has 0 saturated carbocycles. The number of methoxy groups -OCH3 is 2. The number of nitrogens with zero attached hydrogens (tertiary/aromatic N) is 1. The smallest absolute Gasteiger partial charge is 0.408 e. The lowest BCUT2D eigenvalue weighted by Gasteiger charge is -2.44. The number of rotatable bonds is 6. The molecule has 1 saturated heterocycles. The van der Waals surface area contributed by atoms with Gasteiger partial charge in [-0.1, -0.05) is 0 Å². The molecule has 2 aliphatic heterocycles. The van der Waals surface area contributed by atoms with Gasteiger partial charge in [-0.05, 0) is 63.3 Å². The molecule has 2 amide bonds. The van der Waals surface area contributed by atoms with Crippen LogP contribution in [0.1, 0.15) is 50.8 Å². The van der Waals surface area contributed by atoms with Crippen molar-refractivity contribution in [2.75, 3.05) is 27.1 Å². The van der Waals surface area contributed by atoms with E-state index in [-0.39, 0.29) is 19.3 Å². The van der Waals surface area contributed by atoms with Gasteiger partial charge in [0.1, 0.15) is 11.6 Å². The summed E-state index contributed by atoms with van der Waals surface area (Å²) in [7, 11) is -0.870. The van der Waals surface area contributed by atoms with Gasteiger partial charge in [0.05, 0.1) is 45.3 Å². The van der Waals surface area contributed by atoms with E-state index in [0.29, 0.717) is 17.1 Å². The number of fused-ring (bicyclic) bond motifs is 2. The fraction of sp³-hybridized carbons (Fsp3) is 0.652. The largest absolute Gasteiger partial charge is 0.493 e. The van der Waals surface area contributed by atoms with E-state index in [2.05, 4.69) is 5.32 Å². The van der Waals surface area contributed by atoms with Crippen molar-refractivity contribution in [2.24, 2.45) is 0 Å². The first-order valence-electron chi connectivity index (χ1n) is 11.3. The number of hydrogen-bond acceptors (Lipinski definition) is 9. The molecule has 0 spiro atoms. The van der Waals surface area contributed by atoms with Crippen molar-refractivity contribution in [3.63, 3.8) is 0 Å². The van der Waals surface area contributed by atoms with Gasteiger partial charge in [0, 0.05) is 0 Å². The van der Waals surface area contributed by atoms with Crippen molar-refractivity contribution in [3.05, 3.63) is 23.3 Å². The number of carbonyl (C=O) groups is 2. The maximum absolute atomic E-state index is 13.7.